The van der Waals surface area contributed by atoms with Crippen LogP contribution in [0.25, 0.3) is 0 Å². The zero-order chi connectivity index (χ0) is 15.9. The molecule has 1 aliphatic carbocycles. The lowest BCUT2D eigenvalue weighted by molar-refractivity contribution is -0.130. The highest BCUT2D eigenvalue weighted by Crippen LogP contribution is 2.31. The third-order valence-corrected chi connectivity index (χ3v) is 5.12. The van der Waals surface area contributed by atoms with Gasteiger partial charge in [0.05, 0.1) is 6.04 Å². The lowest BCUT2D eigenvalue weighted by Crippen LogP contribution is -2.49. The Kier molecular flexibility index (Phi) is 7.12. The number of likely N-dealkylation sites (N-methyl/N-ethyl adjacent to an activating group) is 1. The van der Waals surface area contributed by atoms with Gasteiger partial charge in [0.1, 0.15) is 0 Å². The molecule has 0 radical (unpaired) electrons. The molecule has 2 N–H and O–H groups in total. The average Bonchev–Trinajstić information content (AvgIpc) is 2.91. The summed E-state index contributed by atoms with van der Waals surface area (Å²) < 4.78 is 0. The Bertz CT molecular complexity index is 344. The summed E-state index contributed by atoms with van der Waals surface area (Å²) >= 11 is 0. The molecule has 0 aromatic carbocycles. The Labute approximate surface area is 135 Å². The van der Waals surface area contributed by atoms with Gasteiger partial charge in [0.25, 0.3) is 0 Å². The van der Waals surface area contributed by atoms with Gasteiger partial charge in [-0.2, -0.15) is 5.53 Å². The fraction of sp³-hybridized carbons (Fsp3) is 0.941. The second kappa shape index (κ2) is 8.85. The molecule has 1 amide bonds. The maximum Gasteiger partial charge on any atom is 0.222 e. The third kappa shape index (κ3) is 4.43. The average molecular weight is 310 g/mol. The first-order valence-electron chi connectivity index (χ1n) is 9.19. The number of hydrazine groups is 2. The molecule has 1 saturated heterocycles. The molecule has 1 saturated carbocycles. The number of amides is 1. The summed E-state index contributed by atoms with van der Waals surface area (Å²) in [6, 6.07) is 0.845. The molecule has 5 heteroatoms. The van der Waals surface area contributed by atoms with E-state index in [1.165, 1.54) is 32.1 Å². The van der Waals surface area contributed by atoms with Gasteiger partial charge in [-0.3, -0.25) is 4.79 Å². The number of nitrogens with one attached hydrogen (secondary N) is 2. The van der Waals surface area contributed by atoms with Gasteiger partial charge in [-0.25, -0.2) is 10.4 Å². The SMILES string of the molecule is CCCC(=O)N(C)CC1NNN(CCC)C1C1CCCCC1. The van der Waals surface area contributed by atoms with Crippen LogP contribution in [-0.4, -0.2) is 48.0 Å². The van der Waals surface area contributed by atoms with E-state index >= 15 is 0 Å². The van der Waals surface area contributed by atoms with Crippen molar-refractivity contribution in [1.29, 1.82) is 0 Å². The zero-order valence-electron chi connectivity index (χ0n) is 14.6. The molecule has 2 atom stereocenters. The summed E-state index contributed by atoms with van der Waals surface area (Å²) in [5.41, 5.74) is 6.83. The van der Waals surface area contributed by atoms with E-state index in [0.717, 1.165) is 31.8 Å². The molecule has 1 aliphatic heterocycles. The van der Waals surface area contributed by atoms with Crippen molar-refractivity contribution in [2.24, 2.45) is 5.92 Å². The van der Waals surface area contributed by atoms with E-state index in [1.807, 2.05) is 11.9 Å². The Hall–Kier alpha value is -0.650. The molecule has 2 aliphatic rings. The van der Waals surface area contributed by atoms with Crippen molar-refractivity contribution in [2.75, 3.05) is 20.1 Å². The Morgan fingerprint density at radius 3 is 2.55 bits per heavy atom. The number of hydrogen-bond donors (Lipinski definition) is 2. The quantitative estimate of drug-likeness (QED) is 0.757. The number of rotatable bonds is 7. The van der Waals surface area contributed by atoms with Gasteiger partial charge in [-0.1, -0.05) is 33.1 Å². The van der Waals surface area contributed by atoms with Gasteiger partial charge in [-0.05, 0) is 31.6 Å². The first kappa shape index (κ1) is 17.7. The van der Waals surface area contributed by atoms with Crippen LogP contribution in [0.5, 0.6) is 0 Å². The summed E-state index contributed by atoms with van der Waals surface area (Å²) in [5.74, 6) is 1.02. The van der Waals surface area contributed by atoms with Crippen LogP contribution in [0.15, 0.2) is 0 Å². The summed E-state index contributed by atoms with van der Waals surface area (Å²) in [6.45, 7) is 6.16. The molecule has 2 fully saturated rings. The predicted molar refractivity (Wildman–Crippen MR) is 90.0 cm³/mol. The number of carbonyl (C=O) groups excluding carboxylic acids is 1. The summed E-state index contributed by atoms with van der Waals surface area (Å²) in [4.78, 5) is 14.0. The van der Waals surface area contributed by atoms with Crippen molar-refractivity contribution in [2.45, 2.75) is 77.3 Å². The molecule has 128 valence electrons. The molecular formula is C17H34N4O. The smallest absolute Gasteiger partial charge is 0.222 e. The van der Waals surface area contributed by atoms with Crippen LogP contribution in [-0.2, 0) is 4.79 Å². The number of carbonyl (C=O) groups is 1. The zero-order valence-corrected chi connectivity index (χ0v) is 14.6. The van der Waals surface area contributed by atoms with Crippen molar-refractivity contribution in [3.05, 3.63) is 0 Å². The normalized spacial score (nSPS) is 27.2. The largest absolute Gasteiger partial charge is 0.344 e. The summed E-state index contributed by atoms with van der Waals surface area (Å²) in [6.07, 6.45) is 9.50. The van der Waals surface area contributed by atoms with Crippen LogP contribution in [0.2, 0.25) is 0 Å². The highest BCUT2D eigenvalue weighted by molar-refractivity contribution is 5.75. The van der Waals surface area contributed by atoms with E-state index in [9.17, 15) is 4.79 Å². The van der Waals surface area contributed by atoms with E-state index in [2.05, 4.69) is 29.8 Å². The van der Waals surface area contributed by atoms with E-state index in [1.54, 1.807) is 0 Å². The monoisotopic (exact) mass is 310 g/mol. The van der Waals surface area contributed by atoms with E-state index < -0.39 is 0 Å². The van der Waals surface area contributed by atoms with Gasteiger partial charge < -0.3 is 4.90 Å². The highest BCUT2D eigenvalue weighted by atomic mass is 16.2. The highest BCUT2D eigenvalue weighted by Gasteiger charge is 2.40. The van der Waals surface area contributed by atoms with Gasteiger partial charge in [0, 0.05) is 32.6 Å². The topological polar surface area (TPSA) is 47.6 Å². The van der Waals surface area contributed by atoms with Crippen molar-refractivity contribution < 1.29 is 4.79 Å². The lowest BCUT2D eigenvalue weighted by Gasteiger charge is -2.36. The molecule has 22 heavy (non-hydrogen) atoms. The van der Waals surface area contributed by atoms with Crippen molar-refractivity contribution in [1.82, 2.24) is 20.9 Å². The molecular weight excluding hydrogens is 276 g/mol. The van der Waals surface area contributed by atoms with Crippen LogP contribution >= 0.6 is 0 Å². The Morgan fingerprint density at radius 1 is 1.18 bits per heavy atom. The first-order chi connectivity index (χ1) is 10.7. The van der Waals surface area contributed by atoms with E-state index in [-0.39, 0.29) is 5.91 Å². The van der Waals surface area contributed by atoms with Crippen LogP contribution in [0, 0.1) is 5.92 Å². The first-order valence-corrected chi connectivity index (χ1v) is 9.19. The van der Waals surface area contributed by atoms with E-state index in [4.69, 9.17) is 0 Å². The number of nitrogens with zero attached hydrogens (tertiary/aromatic N) is 2. The second-order valence-electron chi connectivity index (χ2n) is 6.97. The standard InChI is InChI=1S/C17H34N4O/c1-4-9-16(22)20(3)13-15-17(14-10-7-6-8-11-14)21(12-5-2)19-18-15/h14-15,17-19H,4-13H2,1-3H3. The van der Waals surface area contributed by atoms with E-state index in [0.29, 0.717) is 18.5 Å². The Morgan fingerprint density at radius 2 is 1.91 bits per heavy atom. The maximum absolute atomic E-state index is 12.1. The van der Waals surface area contributed by atoms with Gasteiger partial charge in [-0.15, -0.1) is 0 Å². The fourth-order valence-corrected chi connectivity index (χ4v) is 4.00. The molecule has 0 aromatic heterocycles. The minimum atomic E-state index is 0.264. The molecule has 2 unspecified atom stereocenters. The minimum absolute atomic E-state index is 0.264. The molecule has 1 heterocycles. The second-order valence-corrected chi connectivity index (χ2v) is 6.97. The Balaban J connectivity index is 1.99. The summed E-state index contributed by atoms with van der Waals surface area (Å²) in [7, 11) is 1.94. The van der Waals surface area contributed by atoms with Crippen LogP contribution in [0.1, 0.15) is 65.2 Å². The van der Waals surface area contributed by atoms with Gasteiger partial charge >= 0.3 is 0 Å². The molecule has 0 bridgehead atoms. The minimum Gasteiger partial charge on any atom is -0.344 e. The van der Waals surface area contributed by atoms with Crippen molar-refractivity contribution in [3.63, 3.8) is 0 Å². The summed E-state index contributed by atoms with van der Waals surface area (Å²) in [5, 5.41) is 2.39. The van der Waals surface area contributed by atoms with Crippen LogP contribution in [0.3, 0.4) is 0 Å². The molecule has 0 spiro atoms. The van der Waals surface area contributed by atoms with Gasteiger partial charge in [0.15, 0.2) is 0 Å². The van der Waals surface area contributed by atoms with Crippen LogP contribution < -0.4 is 11.0 Å². The molecule has 2 rings (SSSR count). The van der Waals surface area contributed by atoms with Gasteiger partial charge in [0.2, 0.25) is 5.91 Å². The fourth-order valence-electron chi connectivity index (χ4n) is 4.00. The number of hydrogen-bond acceptors (Lipinski definition) is 4. The predicted octanol–water partition coefficient (Wildman–Crippen LogP) is 2.30. The lowest BCUT2D eigenvalue weighted by atomic mass is 9.81. The third-order valence-electron chi connectivity index (χ3n) is 5.12. The van der Waals surface area contributed by atoms with Crippen molar-refractivity contribution in [3.8, 4) is 0 Å². The molecule has 5 nitrogen and oxygen atoms in total. The maximum atomic E-state index is 12.1. The van der Waals surface area contributed by atoms with Crippen molar-refractivity contribution >= 4 is 5.91 Å². The van der Waals surface area contributed by atoms with Crippen LogP contribution in [0.4, 0.5) is 0 Å². The molecule has 0 aromatic rings.